The normalized spacial score (nSPS) is 20.9. The quantitative estimate of drug-likeness (QED) is 0.482. The maximum Gasteiger partial charge on any atom is 0.258 e. The zero-order chi connectivity index (χ0) is 24.9. The summed E-state index contributed by atoms with van der Waals surface area (Å²) in [5.74, 6) is -0.844. The van der Waals surface area contributed by atoms with Crippen LogP contribution in [0.1, 0.15) is 73.9 Å². The van der Waals surface area contributed by atoms with Crippen LogP contribution in [0.15, 0.2) is 18.5 Å². The third kappa shape index (κ3) is 4.18. The minimum absolute atomic E-state index is 0.113. The van der Waals surface area contributed by atoms with E-state index in [1.54, 1.807) is 26.2 Å². The van der Waals surface area contributed by atoms with E-state index < -0.39 is 29.3 Å². The molecule has 1 aromatic carbocycles. The fraction of sp³-hybridized carbons (Fsp3) is 0.458. The van der Waals surface area contributed by atoms with Crippen LogP contribution in [-0.4, -0.2) is 43.1 Å². The number of aliphatic hydroxyl groups is 1. The van der Waals surface area contributed by atoms with E-state index in [4.69, 9.17) is 22.1 Å². The smallest absolute Gasteiger partial charge is 0.258 e. The van der Waals surface area contributed by atoms with E-state index >= 15 is 4.39 Å². The van der Waals surface area contributed by atoms with Crippen molar-refractivity contribution in [2.24, 2.45) is 0 Å². The molecule has 1 aliphatic carbocycles. The van der Waals surface area contributed by atoms with Gasteiger partial charge >= 0.3 is 0 Å². The van der Waals surface area contributed by atoms with Crippen molar-refractivity contribution in [3.8, 4) is 5.75 Å². The van der Waals surface area contributed by atoms with Crippen LogP contribution in [0.4, 0.5) is 10.2 Å². The zero-order valence-corrected chi connectivity index (χ0v) is 20.6. The van der Waals surface area contributed by atoms with E-state index in [0.29, 0.717) is 41.3 Å². The minimum Gasteiger partial charge on any atom is -0.490 e. The lowest BCUT2D eigenvalue weighted by atomic mass is 9.76. The van der Waals surface area contributed by atoms with E-state index in [1.807, 2.05) is 25.2 Å². The summed E-state index contributed by atoms with van der Waals surface area (Å²) in [7, 11) is 0. The number of aryl methyl sites for hydroxylation is 1. The number of benzene rings is 1. The van der Waals surface area contributed by atoms with Crippen LogP contribution in [-0.2, 0) is 0 Å². The maximum atomic E-state index is 15.3. The molecule has 3 aromatic rings. The first-order valence-corrected chi connectivity index (χ1v) is 11.6. The second kappa shape index (κ2) is 8.70. The molecule has 0 radical (unpaired) electrons. The van der Waals surface area contributed by atoms with Crippen molar-refractivity contribution in [1.29, 1.82) is 0 Å². The van der Waals surface area contributed by atoms with Crippen LogP contribution in [0, 0.1) is 12.7 Å². The molecule has 0 saturated heterocycles. The zero-order valence-electron chi connectivity index (χ0n) is 19.8. The highest BCUT2D eigenvalue weighted by Gasteiger charge is 2.42. The Hall–Kier alpha value is -2.91. The number of ether oxygens (including phenoxy) is 1. The van der Waals surface area contributed by atoms with Gasteiger partial charge in [-0.2, -0.15) is 0 Å². The van der Waals surface area contributed by atoms with Gasteiger partial charge in [0.25, 0.3) is 5.91 Å². The van der Waals surface area contributed by atoms with Gasteiger partial charge in [-0.25, -0.2) is 14.4 Å². The molecule has 4 rings (SSSR count). The van der Waals surface area contributed by atoms with Crippen LogP contribution in [0.3, 0.4) is 0 Å². The number of aromatic nitrogens is 3. The van der Waals surface area contributed by atoms with Crippen molar-refractivity contribution in [1.82, 2.24) is 19.7 Å². The number of fused-ring (bicyclic) bond motifs is 1. The predicted octanol–water partition coefficient (Wildman–Crippen LogP) is 3.99. The van der Waals surface area contributed by atoms with Crippen molar-refractivity contribution in [2.75, 3.05) is 5.73 Å². The van der Waals surface area contributed by atoms with Crippen molar-refractivity contribution < 1.29 is 19.0 Å². The topological polar surface area (TPSA) is 115 Å². The first-order valence-electron chi connectivity index (χ1n) is 11.2. The molecule has 0 aliphatic heterocycles. The Morgan fingerprint density at radius 2 is 2.09 bits per heavy atom. The highest BCUT2D eigenvalue weighted by molar-refractivity contribution is 6.31. The molecule has 1 saturated carbocycles. The molecule has 182 valence electrons. The number of halogens is 2. The van der Waals surface area contributed by atoms with Crippen molar-refractivity contribution >= 4 is 28.8 Å². The Kier molecular flexibility index (Phi) is 6.20. The highest BCUT2D eigenvalue weighted by Crippen LogP contribution is 2.41. The number of amides is 1. The molecule has 2 aromatic heterocycles. The summed E-state index contributed by atoms with van der Waals surface area (Å²) in [6.45, 7) is 9.12. The number of nitrogens with zero attached hydrogens (tertiary/aromatic N) is 3. The summed E-state index contributed by atoms with van der Waals surface area (Å²) in [5, 5.41) is 12.3. The average molecular weight is 490 g/mol. The molecule has 1 atom stereocenters. The van der Waals surface area contributed by atoms with Gasteiger partial charge in [-0.1, -0.05) is 18.5 Å². The molecule has 34 heavy (non-hydrogen) atoms. The van der Waals surface area contributed by atoms with E-state index in [-0.39, 0.29) is 22.4 Å². The van der Waals surface area contributed by atoms with Gasteiger partial charge in [-0.3, -0.25) is 9.20 Å². The number of carbonyl (C=O) groups excluding carboxylic acids is 1. The number of anilines is 1. The molecule has 4 N–H and O–H groups in total. The standard InChI is InChI=1S/C24H29ClFN5O3/c1-11(2)34-20-15(12(3)22-29-13(4)19-21(27)28-6-7-31(19)22)8-16(25)18(26)17(20)23(33)30-24(5)9-14(32)10-24/h6-8,11-12,14,32H,9-10H2,1-5H3,(H2,27,28)(H,30,33)/t12-,14?,24?/m0/s1. The van der Waals surface area contributed by atoms with Gasteiger partial charge in [0.15, 0.2) is 5.82 Å². The summed E-state index contributed by atoms with van der Waals surface area (Å²) in [4.78, 5) is 22.1. The number of hydrogen-bond donors (Lipinski definition) is 3. The number of hydrogen-bond acceptors (Lipinski definition) is 6. The van der Waals surface area contributed by atoms with Gasteiger partial charge in [0.1, 0.15) is 28.5 Å². The molecule has 1 aliphatic rings. The van der Waals surface area contributed by atoms with Crippen molar-refractivity contribution in [3.05, 3.63) is 51.9 Å². The Balaban J connectivity index is 1.86. The molecular formula is C24H29ClFN5O3. The molecule has 1 fully saturated rings. The van der Waals surface area contributed by atoms with Crippen LogP contribution in [0.5, 0.6) is 5.75 Å². The monoisotopic (exact) mass is 489 g/mol. The molecule has 0 bridgehead atoms. The van der Waals surface area contributed by atoms with Crippen molar-refractivity contribution in [2.45, 2.75) is 71.1 Å². The molecule has 8 nitrogen and oxygen atoms in total. The number of imidazole rings is 1. The van der Waals surface area contributed by atoms with Gasteiger partial charge < -0.3 is 20.9 Å². The minimum atomic E-state index is -0.855. The summed E-state index contributed by atoms with van der Waals surface area (Å²) in [6, 6.07) is 1.48. The predicted molar refractivity (Wildman–Crippen MR) is 128 cm³/mol. The second-order valence-corrected chi connectivity index (χ2v) is 9.92. The fourth-order valence-corrected chi connectivity index (χ4v) is 4.86. The van der Waals surface area contributed by atoms with Gasteiger partial charge in [-0.05, 0) is 46.6 Å². The van der Waals surface area contributed by atoms with Gasteiger partial charge in [0, 0.05) is 29.4 Å². The molecule has 10 heteroatoms. The molecule has 2 heterocycles. The second-order valence-electron chi connectivity index (χ2n) is 9.52. The number of nitrogens with one attached hydrogen (secondary N) is 1. The van der Waals surface area contributed by atoms with E-state index in [1.165, 1.54) is 6.07 Å². The lowest BCUT2D eigenvalue weighted by Gasteiger charge is -2.43. The Morgan fingerprint density at radius 3 is 2.71 bits per heavy atom. The third-order valence-corrected chi connectivity index (χ3v) is 6.48. The van der Waals surface area contributed by atoms with Gasteiger partial charge in [0.05, 0.1) is 22.9 Å². The molecular weight excluding hydrogens is 461 g/mol. The Bertz CT molecular complexity index is 1270. The largest absolute Gasteiger partial charge is 0.490 e. The summed E-state index contributed by atoms with van der Waals surface area (Å²) in [5.41, 5.74) is 7.06. The number of nitrogens with two attached hydrogens (primary N) is 1. The summed E-state index contributed by atoms with van der Waals surface area (Å²) >= 11 is 6.29. The van der Waals surface area contributed by atoms with E-state index in [0.717, 1.165) is 0 Å². The van der Waals surface area contributed by atoms with Crippen LogP contribution in [0.2, 0.25) is 5.02 Å². The Morgan fingerprint density at radius 1 is 1.41 bits per heavy atom. The average Bonchev–Trinajstić information content (AvgIpc) is 3.06. The lowest BCUT2D eigenvalue weighted by molar-refractivity contribution is 0.0126. The summed E-state index contributed by atoms with van der Waals surface area (Å²) < 4.78 is 23.2. The number of nitrogen functional groups attached to an aromatic ring is 1. The number of carbonyl (C=O) groups is 1. The highest BCUT2D eigenvalue weighted by atomic mass is 35.5. The number of aliphatic hydroxyl groups excluding tert-OH is 1. The third-order valence-electron chi connectivity index (χ3n) is 6.21. The SMILES string of the molecule is Cc1nc([C@@H](C)c2cc(Cl)c(F)c(C(=O)NC3(C)CC(O)C3)c2OC(C)C)n2ccnc(N)c12. The molecule has 1 amide bonds. The molecule has 0 spiro atoms. The van der Waals surface area contributed by atoms with Crippen LogP contribution in [0.25, 0.3) is 5.52 Å². The number of rotatable bonds is 6. The van der Waals surface area contributed by atoms with E-state index in [9.17, 15) is 9.90 Å². The first-order chi connectivity index (χ1) is 15.9. The fourth-order valence-electron chi connectivity index (χ4n) is 4.65. The molecule has 0 unspecified atom stereocenters. The van der Waals surface area contributed by atoms with Gasteiger partial charge in [-0.15, -0.1) is 0 Å². The summed E-state index contributed by atoms with van der Waals surface area (Å²) in [6.07, 6.45) is 3.28. The van der Waals surface area contributed by atoms with Crippen LogP contribution >= 0.6 is 11.6 Å². The van der Waals surface area contributed by atoms with Gasteiger partial charge in [0.2, 0.25) is 0 Å². The van der Waals surface area contributed by atoms with E-state index in [2.05, 4.69) is 15.3 Å². The Labute approximate surface area is 202 Å². The van der Waals surface area contributed by atoms with Crippen molar-refractivity contribution in [3.63, 3.8) is 0 Å². The maximum absolute atomic E-state index is 15.3. The lowest BCUT2D eigenvalue weighted by Crippen LogP contribution is -2.57. The first kappa shape index (κ1) is 24.2. The van der Waals surface area contributed by atoms with Crippen LogP contribution < -0.4 is 15.8 Å².